The highest BCUT2D eigenvalue weighted by Gasteiger charge is 2.21. The highest BCUT2D eigenvalue weighted by atomic mass is 16.6. The Labute approximate surface area is 110 Å². The number of nitrogens with one attached hydrogen (secondary N) is 1. The summed E-state index contributed by atoms with van der Waals surface area (Å²) in [6.45, 7) is 1.42. The summed E-state index contributed by atoms with van der Waals surface area (Å²) >= 11 is 0. The van der Waals surface area contributed by atoms with Crippen LogP contribution in [0.3, 0.4) is 0 Å². The molecule has 2 N–H and O–H groups in total. The summed E-state index contributed by atoms with van der Waals surface area (Å²) in [5, 5.41) is 21.8. The molecule has 7 heteroatoms. The molecule has 0 saturated carbocycles. The number of non-ortho nitro benzene ring substituents is 1. The van der Waals surface area contributed by atoms with E-state index in [9.17, 15) is 14.9 Å². The second-order valence-corrected chi connectivity index (χ2v) is 4.51. The van der Waals surface area contributed by atoms with Gasteiger partial charge in [-0.3, -0.25) is 10.1 Å². The van der Waals surface area contributed by atoms with E-state index in [0.717, 1.165) is 25.1 Å². The van der Waals surface area contributed by atoms with Crippen molar-refractivity contribution in [1.29, 1.82) is 0 Å². The molecule has 0 bridgehead atoms. The van der Waals surface area contributed by atoms with Gasteiger partial charge in [-0.15, -0.1) is 0 Å². The van der Waals surface area contributed by atoms with E-state index in [1.165, 1.54) is 12.1 Å². The van der Waals surface area contributed by atoms with Gasteiger partial charge in [0, 0.05) is 37.0 Å². The molecule has 0 aliphatic carbocycles. The van der Waals surface area contributed by atoms with Crippen LogP contribution in [-0.4, -0.2) is 35.3 Å². The van der Waals surface area contributed by atoms with E-state index < -0.39 is 11.0 Å². The van der Waals surface area contributed by atoms with E-state index in [4.69, 9.17) is 5.11 Å². The van der Waals surface area contributed by atoms with Crippen LogP contribution in [-0.2, 0) is 0 Å². The fraction of sp³-hybridized carbons (Fsp3) is 0.417. The SMILES string of the molecule is O=C(O)N[C@H]1CCCN(c2ccc([N+](=O)[O-])cc2)C1. The summed E-state index contributed by atoms with van der Waals surface area (Å²) < 4.78 is 0. The van der Waals surface area contributed by atoms with Crippen LogP contribution in [0.25, 0.3) is 0 Å². The number of amides is 1. The largest absolute Gasteiger partial charge is 0.465 e. The first-order valence-electron chi connectivity index (χ1n) is 6.05. The van der Waals surface area contributed by atoms with E-state index in [0.29, 0.717) is 6.54 Å². The summed E-state index contributed by atoms with van der Waals surface area (Å²) in [4.78, 5) is 22.8. The number of nitrogens with zero attached hydrogens (tertiary/aromatic N) is 2. The zero-order valence-corrected chi connectivity index (χ0v) is 10.3. The number of carboxylic acid groups (broad SMARTS) is 1. The van der Waals surface area contributed by atoms with Crippen LogP contribution in [0, 0.1) is 10.1 Å². The average molecular weight is 265 g/mol. The molecule has 0 spiro atoms. The maximum absolute atomic E-state index is 10.6. The molecule has 1 aliphatic rings. The molecular weight excluding hydrogens is 250 g/mol. The fourth-order valence-electron chi connectivity index (χ4n) is 2.29. The van der Waals surface area contributed by atoms with Crippen molar-refractivity contribution in [3.63, 3.8) is 0 Å². The van der Waals surface area contributed by atoms with E-state index >= 15 is 0 Å². The van der Waals surface area contributed by atoms with E-state index in [-0.39, 0.29) is 11.7 Å². The van der Waals surface area contributed by atoms with E-state index in [1.54, 1.807) is 12.1 Å². The number of piperidine rings is 1. The maximum Gasteiger partial charge on any atom is 0.404 e. The van der Waals surface area contributed by atoms with Gasteiger partial charge in [-0.1, -0.05) is 0 Å². The van der Waals surface area contributed by atoms with Gasteiger partial charge in [-0.05, 0) is 25.0 Å². The smallest absolute Gasteiger partial charge is 0.404 e. The van der Waals surface area contributed by atoms with Gasteiger partial charge in [0.15, 0.2) is 0 Å². The molecule has 1 aliphatic heterocycles. The standard InChI is InChI=1S/C12H15N3O4/c16-12(17)13-9-2-1-7-14(8-9)10-3-5-11(6-4-10)15(18)19/h3-6,9,13H,1-2,7-8H2,(H,16,17)/t9-/m0/s1. The highest BCUT2D eigenvalue weighted by molar-refractivity contribution is 5.65. The minimum Gasteiger partial charge on any atom is -0.465 e. The zero-order valence-electron chi connectivity index (χ0n) is 10.3. The molecule has 0 radical (unpaired) electrons. The van der Waals surface area contributed by atoms with Crippen LogP contribution >= 0.6 is 0 Å². The van der Waals surface area contributed by atoms with Gasteiger partial charge in [-0.2, -0.15) is 0 Å². The topological polar surface area (TPSA) is 95.7 Å². The number of benzene rings is 1. The number of hydrogen-bond acceptors (Lipinski definition) is 4. The molecule has 0 unspecified atom stereocenters. The number of carbonyl (C=O) groups is 1. The summed E-state index contributed by atoms with van der Waals surface area (Å²) in [6, 6.07) is 6.22. The summed E-state index contributed by atoms with van der Waals surface area (Å²) in [7, 11) is 0. The van der Waals surface area contributed by atoms with Crippen LogP contribution in [0.1, 0.15) is 12.8 Å². The van der Waals surface area contributed by atoms with Gasteiger partial charge in [0.2, 0.25) is 0 Å². The fourth-order valence-corrected chi connectivity index (χ4v) is 2.29. The number of nitro benzene ring substituents is 1. The Balaban J connectivity index is 2.04. The third kappa shape index (κ3) is 3.34. The Hall–Kier alpha value is -2.31. The molecule has 1 saturated heterocycles. The van der Waals surface area contributed by atoms with E-state index in [2.05, 4.69) is 5.32 Å². The van der Waals surface area contributed by atoms with Crippen molar-refractivity contribution in [3.05, 3.63) is 34.4 Å². The first-order valence-corrected chi connectivity index (χ1v) is 6.05. The monoisotopic (exact) mass is 265 g/mol. The zero-order chi connectivity index (χ0) is 13.8. The lowest BCUT2D eigenvalue weighted by atomic mass is 10.1. The molecule has 1 atom stereocenters. The maximum atomic E-state index is 10.6. The van der Waals surface area contributed by atoms with E-state index in [1.807, 2.05) is 4.90 Å². The van der Waals surface area contributed by atoms with Crippen molar-refractivity contribution in [2.24, 2.45) is 0 Å². The Bertz CT molecular complexity index is 474. The Kier molecular flexibility index (Phi) is 3.84. The van der Waals surface area contributed by atoms with Crippen molar-refractivity contribution < 1.29 is 14.8 Å². The number of nitro groups is 1. The molecule has 1 fully saturated rings. The minimum atomic E-state index is -1.02. The predicted molar refractivity (Wildman–Crippen MR) is 69.5 cm³/mol. The summed E-state index contributed by atoms with van der Waals surface area (Å²) in [5.41, 5.74) is 0.934. The molecular formula is C12H15N3O4. The molecule has 19 heavy (non-hydrogen) atoms. The van der Waals surface area contributed by atoms with Crippen LogP contribution < -0.4 is 10.2 Å². The van der Waals surface area contributed by atoms with Gasteiger partial charge in [-0.25, -0.2) is 4.79 Å². The average Bonchev–Trinajstić information content (AvgIpc) is 2.38. The molecule has 0 aromatic heterocycles. The second-order valence-electron chi connectivity index (χ2n) is 4.51. The van der Waals surface area contributed by atoms with Crippen molar-refractivity contribution in [2.45, 2.75) is 18.9 Å². The number of anilines is 1. The molecule has 1 aromatic rings. The molecule has 2 rings (SSSR count). The second kappa shape index (κ2) is 5.55. The van der Waals surface area contributed by atoms with Gasteiger partial charge in [0.1, 0.15) is 0 Å². The van der Waals surface area contributed by atoms with Gasteiger partial charge in [0.05, 0.1) is 4.92 Å². The lowest BCUT2D eigenvalue weighted by Crippen LogP contribution is -2.47. The predicted octanol–water partition coefficient (Wildman–Crippen LogP) is 1.83. The van der Waals surface area contributed by atoms with Crippen molar-refractivity contribution in [2.75, 3.05) is 18.0 Å². The first-order chi connectivity index (χ1) is 9.06. The third-order valence-corrected chi connectivity index (χ3v) is 3.17. The Morgan fingerprint density at radius 3 is 2.68 bits per heavy atom. The van der Waals surface area contributed by atoms with Gasteiger partial charge < -0.3 is 15.3 Å². The normalized spacial score (nSPS) is 18.9. The number of rotatable bonds is 3. The lowest BCUT2D eigenvalue weighted by molar-refractivity contribution is -0.384. The van der Waals surface area contributed by atoms with Crippen molar-refractivity contribution in [3.8, 4) is 0 Å². The Morgan fingerprint density at radius 2 is 2.11 bits per heavy atom. The molecule has 1 heterocycles. The first kappa shape index (κ1) is 13.1. The van der Waals surface area contributed by atoms with Crippen LogP contribution in [0.4, 0.5) is 16.2 Å². The quantitative estimate of drug-likeness (QED) is 0.642. The molecule has 7 nitrogen and oxygen atoms in total. The van der Waals surface area contributed by atoms with Crippen molar-refractivity contribution >= 4 is 17.5 Å². The van der Waals surface area contributed by atoms with Gasteiger partial charge in [0.25, 0.3) is 5.69 Å². The number of hydrogen-bond donors (Lipinski definition) is 2. The molecule has 102 valence electrons. The van der Waals surface area contributed by atoms with Crippen molar-refractivity contribution in [1.82, 2.24) is 5.32 Å². The summed E-state index contributed by atoms with van der Waals surface area (Å²) in [6.07, 6.45) is 0.688. The van der Waals surface area contributed by atoms with Gasteiger partial charge >= 0.3 is 6.09 Å². The highest BCUT2D eigenvalue weighted by Crippen LogP contribution is 2.22. The third-order valence-electron chi connectivity index (χ3n) is 3.17. The molecule has 1 amide bonds. The Morgan fingerprint density at radius 1 is 1.42 bits per heavy atom. The lowest BCUT2D eigenvalue weighted by Gasteiger charge is -2.34. The van der Waals surface area contributed by atoms with Crippen LogP contribution in [0.2, 0.25) is 0 Å². The minimum absolute atomic E-state index is 0.0565. The van der Waals surface area contributed by atoms with Crippen LogP contribution in [0.15, 0.2) is 24.3 Å². The summed E-state index contributed by atoms with van der Waals surface area (Å²) in [5.74, 6) is 0. The molecule has 1 aromatic carbocycles. The van der Waals surface area contributed by atoms with Crippen LogP contribution in [0.5, 0.6) is 0 Å².